The Morgan fingerprint density at radius 1 is 1.07 bits per heavy atom. The fraction of sp³-hybridized carbons (Fsp3) is 0.364. The summed E-state index contributed by atoms with van der Waals surface area (Å²) in [5.74, 6) is -0.292. The highest BCUT2D eigenvalue weighted by Gasteiger charge is 2.25. The highest BCUT2D eigenvalue weighted by molar-refractivity contribution is 6.04. The molecule has 2 amide bonds. The molecule has 1 aliphatic rings. The van der Waals surface area contributed by atoms with Crippen molar-refractivity contribution in [1.29, 1.82) is 0 Å². The molecule has 1 aliphatic carbocycles. The molecule has 0 aromatic heterocycles. The number of rotatable bonds is 8. The number of hydrogen-bond donors (Lipinski definition) is 3. The van der Waals surface area contributed by atoms with Crippen LogP contribution < -0.4 is 16.0 Å². The molecule has 1 saturated carbocycles. The Kier molecular flexibility index (Phi) is 6.24. The minimum atomic E-state index is -0.160. The molecule has 0 unspecified atom stereocenters. The molecule has 2 aromatic rings. The van der Waals surface area contributed by atoms with E-state index in [-0.39, 0.29) is 30.4 Å². The average molecular weight is 365 g/mol. The number of benzene rings is 2. The lowest BCUT2D eigenvalue weighted by Crippen LogP contribution is -2.32. The third kappa shape index (κ3) is 5.41. The molecule has 0 spiro atoms. The smallest absolute Gasteiger partial charge is 0.253 e. The Labute approximate surface area is 160 Å². The fourth-order valence-corrected chi connectivity index (χ4v) is 2.99. The summed E-state index contributed by atoms with van der Waals surface area (Å²) in [6.07, 6.45) is 2.94. The van der Waals surface area contributed by atoms with E-state index in [0.29, 0.717) is 11.3 Å². The van der Waals surface area contributed by atoms with Gasteiger partial charge in [-0.3, -0.25) is 9.59 Å². The van der Waals surface area contributed by atoms with Crippen LogP contribution in [0.25, 0.3) is 0 Å². The first-order chi connectivity index (χ1) is 13.1. The van der Waals surface area contributed by atoms with Crippen LogP contribution in [0.1, 0.15) is 53.7 Å². The number of carbonyl (C=O) groups excluding carboxylic acids is 2. The first-order valence-corrected chi connectivity index (χ1v) is 9.56. The second-order valence-corrected chi connectivity index (χ2v) is 7.09. The molecule has 0 radical (unpaired) electrons. The third-order valence-corrected chi connectivity index (χ3v) is 4.76. The lowest BCUT2D eigenvalue weighted by molar-refractivity contribution is -0.115. The van der Waals surface area contributed by atoms with Crippen molar-refractivity contribution in [3.63, 3.8) is 0 Å². The van der Waals surface area contributed by atoms with Gasteiger partial charge in [-0.25, -0.2) is 0 Å². The van der Waals surface area contributed by atoms with Crippen LogP contribution in [0.2, 0.25) is 0 Å². The van der Waals surface area contributed by atoms with Crippen molar-refractivity contribution in [3.8, 4) is 0 Å². The number of carbonyl (C=O) groups is 2. The van der Waals surface area contributed by atoms with Crippen molar-refractivity contribution in [3.05, 3.63) is 65.2 Å². The number of anilines is 1. The van der Waals surface area contributed by atoms with Crippen LogP contribution in [-0.4, -0.2) is 24.4 Å². The predicted molar refractivity (Wildman–Crippen MR) is 108 cm³/mol. The normalized spacial score (nSPS) is 14.4. The van der Waals surface area contributed by atoms with Gasteiger partial charge >= 0.3 is 0 Å². The van der Waals surface area contributed by atoms with E-state index >= 15 is 0 Å². The Balaban J connectivity index is 1.58. The summed E-state index contributed by atoms with van der Waals surface area (Å²) in [4.78, 5) is 24.8. The van der Waals surface area contributed by atoms with Crippen LogP contribution in [0.4, 0.5) is 5.69 Å². The van der Waals surface area contributed by atoms with Crippen molar-refractivity contribution in [2.24, 2.45) is 0 Å². The number of amides is 2. The number of hydrogen-bond acceptors (Lipinski definition) is 3. The van der Waals surface area contributed by atoms with Crippen molar-refractivity contribution in [1.82, 2.24) is 10.6 Å². The van der Waals surface area contributed by atoms with E-state index in [4.69, 9.17) is 0 Å². The molecule has 27 heavy (non-hydrogen) atoms. The van der Waals surface area contributed by atoms with Crippen LogP contribution in [0, 0.1) is 6.92 Å². The standard InChI is InChI=1S/C22H27N3O2/c1-3-19(16-10-8-15(2)9-11-16)23-14-21(26)25-20-7-5-4-6-18(20)22(27)24-17-12-13-17/h4-11,17,19,23H,3,12-14H2,1-2H3,(H,24,27)(H,25,26)/t19-/m1/s1. The van der Waals surface area contributed by atoms with E-state index in [2.05, 4.69) is 54.1 Å². The molecule has 0 bridgehead atoms. The van der Waals surface area contributed by atoms with Gasteiger partial charge in [-0.2, -0.15) is 0 Å². The van der Waals surface area contributed by atoms with Crippen LogP contribution in [0.15, 0.2) is 48.5 Å². The summed E-state index contributed by atoms with van der Waals surface area (Å²) in [7, 11) is 0. The average Bonchev–Trinajstić information content (AvgIpc) is 3.48. The number of para-hydroxylation sites is 1. The quantitative estimate of drug-likeness (QED) is 0.670. The van der Waals surface area contributed by atoms with Gasteiger partial charge in [0.15, 0.2) is 0 Å². The highest BCUT2D eigenvalue weighted by Crippen LogP contribution is 2.22. The van der Waals surface area contributed by atoms with Gasteiger partial charge in [0.25, 0.3) is 5.91 Å². The summed E-state index contributed by atoms with van der Waals surface area (Å²) in [6.45, 7) is 4.33. The van der Waals surface area contributed by atoms with Crippen molar-refractivity contribution in [2.75, 3.05) is 11.9 Å². The molecule has 1 atom stereocenters. The maximum absolute atomic E-state index is 12.4. The van der Waals surface area contributed by atoms with Gasteiger partial charge in [0.2, 0.25) is 5.91 Å². The maximum atomic E-state index is 12.4. The minimum absolute atomic E-state index is 0.116. The molecule has 142 valence electrons. The van der Waals surface area contributed by atoms with E-state index in [1.54, 1.807) is 18.2 Å². The summed E-state index contributed by atoms with van der Waals surface area (Å²) in [5.41, 5.74) is 3.43. The Bertz CT molecular complexity index is 797. The van der Waals surface area contributed by atoms with Crippen LogP contribution in [0.5, 0.6) is 0 Å². The summed E-state index contributed by atoms with van der Waals surface area (Å²) >= 11 is 0. The lowest BCUT2D eigenvalue weighted by atomic mass is 10.0. The van der Waals surface area contributed by atoms with E-state index in [9.17, 15) is 9.59 Å². The van der Waals surface area contributed by atoms with Gasteiger partial charge in [0.05, 0.1) is 17.8 Å². The second kappa shape index (κ2) is 8.82. The van der Waals surface area contributed by atoms with Gasteiger partial charge in [-0.15, -0.1) is 0 Å². The Morgan fingerprint density at radius 3 is 2.44 bits per heavy atom. The zero-order valence-electron chi connectivity index (χ0n) is 15.9. The van der Waals surface area contributed by atoms with Gasteiger partial charge in [0.1, 0.15) is 0 Å². The summed E-state index contributed by atoms with van der Waals surface area (Å²) < 4.78 is 0. The fourth-order valence-electron chi connectivity index (χ4n) is 2.99. The van der Waals surface area contributed by atoms with Crippen molar-refractivity contribution < 1.29 is 9.59 Å². The first-order valence-electron chi connectivity index (χ1n) is 9.56. The van der Waals surface area contributed by atoms with Gasteiger partial charge in [0, 0.05) is 12.1 Å². The lowest BCUT2D eigenvalue weighted by Gasteiger charge is -2.18. The monoisotopic (exact) mass is 365 g/mol. The molecule has 1 fully saturated rings. The number of aryl methyl sites for hydroxylation is 1. The minimum Gasteiger partial charge on any atom is -0.349 e. The van der Waals surface area contributed by atoms with Gasteiger partial charge < -0.3 is 16.0 Å². The SMILES string of the molecule is CC[C@@H](NCC(=O)Nc1ccccc1C(=O)NC1CC1)c1ccc(C)cc1. The predicted octanol–water partition coefficient (Wildman–Crippen LogP) is 3.57. The molecule has 0 saturated heterocycles. The van der Waals surface area contributed by atoms with Crippen LogP contribution in [0.3, 0.4) is 0 Å². The number of nitrogens with one attached hydrogen (secondary N) is 3. The van der Waals surface area contributed by atoms with Gasteiger partial charge in [-0.05, 0) is 43.9 Å². The van der Waals surface area contributed by atoms with E-state index < -0.39 is 0 Å². The van der Waals surface area contributed by atoms with Gasteiger partial charge in [-0.1, -0.05) is 48.9 Å². The molecule has 5 heteroatoms. The third-order valence-electron chi connectivity index (χ3n) is 4.76. The Hall–Kier alpha value is -2.66. The first kappa shape index (κ1) is 19.1. The molecule has 3 rings (SSSR count). The Morgan fingerprint density at radius 2 is 1.78 bits per heavy atom. The van der Waals surface area contributed by atoms with E-state index in [0.717, 1.165) is 19.3 Å². The summed E-state index contributed by atoms with van der Waals surface area (Å²) in [6, 6.07) is 15.9. The molecule has 2 aromatic carbocycles. The van der Waals surface area contributed by atoms with E-state index in [1.807, 2.05) is 6.07 Å². The van der Waals surface area contributed by atoms with E-state index in [1.165, 1.54) is 11.1 Å². The molecular weight excluding hydrogens is 338 g/mol. The zero-order valence-corrected chi connectivity index (χ0v) is 15.9. The largest absolute Gasteiger partial charge is 0.349 e. The molecular formula is C22H27N3O2. The van der Waals surface area contributed by atoms with Crippen LogP contribution in [-0.2, 0) is 4.79 Å². The zero-order chi connectivity index (χ0) is 19.2. The maximum Gasteiger partial charge on any atom is 0.253 e. The molecule has 5 nitrogen and oxygen atoms in total. The highest BCUT2D eigenvalue weighted by atomic mass is 16.2. The van der Waals surface area contributed by atoms with Crippen molar-refractivity contribution >= 4 is 17.5 Å². The second-order valence-electron chi connectivity index (χ2n) is 7.09. The molecule has 3 N–H and O–H groups in total. The topological polar surface area (TPSA) is 70.2 Å². The summed E-state index contributed by atoms with van der Waals surface area (Å²) in [5, 5.41) is 9.13. The van der Waals surface area contributed by atoms with Crippen LogP contribution >= 0.6 is 0 Å². The molecule has 0 heterocycles. The molecule has 0 aliphatic heterocycles. The van der Waals surface area contributed by atoms with Crippen molar-refractivity contribution in [2.45, 2.75) is 45.2 Å².